The molecule has 1 aliphatic rings. The van der Waals surface area contributed by atoms with Crippen LogP contribution in [0.4, 0.5) is 5.69 Å². The van der Waals surface area contributed by atoms with Gasteiger partial charge in [-0.3, -0.25) is 4.79 Å². The van der Waals surface area contributed by atoms with Gasteiger partial charge in [0.15, 0.2) is 8.32 Å². The van der Waals surface area contributed by atoms with Crippen molar-refractivity contribution < 1.29 is 9.22 Å². The van der Waals surface area contributed by atoms with Crippen LogP contribution in [0.3, 0.4) is 0 Å². The van der Waals surface area contributed by atoms with Gasteiger partial charge >= 0.3 is 0 Å². The van der Waals surface area contributed by atoms with Crippen molar-refractivity contribution in [1.29, 1.82) is 0 Å². The highest BCUT2D eigenvalue weighted by Gasteiger charge is 2.38. The van der Waals surface area contributed by atoms with E-state index in [1.165, 1.54) is 0 Å². The van der Waals surface area contributed by atoms with E-state index in [2.05, 4.69) is 53.0 Å². The molecule has 3 nitrogen and oxygen atoms in total. The van der Waals surface area contributed by atoms with Crippen LogP contribution in [0.5, 0.6) is 0 Å². The Hall–Kier alpha value is -1.10. The van der Waals surface area contributed by atoms with Gasteiger partial charge in [-0.25, -0.2) is 0 Å². The average Bonchev–Trinajstić information content (AvgIpc) is 2.77. The molecule has 0 saturated heterocycles. The summed E-state index contributed by atoms with van der Waals surface area (Å²) in [6.45, 7) is 16.4. The minimum Gasteiger partial charge on any atom is -0.416 e. The van der Waals surface area contributed by atoms with Crippen molar-refractivity contribution in [2.45, 2.75) is 59.2 Å². The number of benzene rings is 1. The zero-order valence-electron chi connectivity index (χ0n) is 16.4. The first-order chi connectivity index (χ1) is 11.3. The van der Waals surface area contributed by atoms with Crippen molar-refractivity contribution in [2.24, 2.45) is 5.41 Å². The molecule has 1 heterocycles. The molecule has 2 rings (SSSR count). The van der Waals surface area contributed by atoms with Crippen molar-refractivity contribution >= 4 is 37.1 Å². The summed E-state index contributed by atoms with van der Waals surface area (Å²) in [7, 11) is -1.77. The molecular weight excluding hydrogens is 350 g/mol. The van der Waals surface area contributed by atoms with E-state index in [1.54, 1.807) is 6.07 Å². The number of fused-ring (bicyclic) bond motifs is 1. The molecule has 138 valence electrons. The molecule has 1 aliphatic heterocycles. The monoisotopic (exact) mass is 379 g/mol. The molecule has 0 radical (unpaired) electrons. The first-order valence-corrected chi connectivity index (χ1v) is 12.1. The Morgan fingerprint density at radius 2 is 1.84 bits per heavy atom. The summed E-state index contributed by atoms with van der Waals surface area (Å²) >= 11 is 6.01. The maximum Gasteiger partial charge on any atom is 0.256 e. The summed E-state index contributed by atoms with van der Waals surface area (Å²) in [5, 5.41) is 3.71. The Bertz CT molecular complexity index is 702. The lowest BCUT2D eigenvalue weighted by Crippen LogP contribution is -2.43. The lowest BCUT2D eigenvalue weighted by Gasteiger charge is -2.39. The Balaban J connectivity index is 2.09. The summed E-state index contributed by atoms with van der Waals surface area (Å²) in [5.41, 5.74) is 2.42. The highest BCUT2D eigenvalue weighted by atomic mass is 35.5. The molecule has 25 heavy (non-hydrogen) atoms. The molecule has 0 bridgehead atoms. The number of carbonyl (C=O) groups excluding carboxylic acids is 1. The first-order valence-electron chi connectivity index (χ1n) is 8.78. The van der Waals surface area contributed by atoms with E-state index in [0.717, 1.165) is 23.2 Å². The van der Waals surface area contributed by atoms with Gasteiger partial charge in [-0.15, -0.1) is 0 Å². The third-order valence-electron chi connectivity index (χ3n) is 5.25. The summed E-state index contributed by atoms with van der Waals surface area (Å²) < 4.78 is 6.38. The smallest absolute Gasteiger partial charge is 0.256 e. The van der Waals surface area contributed by atoms with Gasteiger partial charge in [-0.1, -0.05) is 58.4 Å². The Morgan fingerprint density at radius 1 is 1.20 bits per heavy atom. The molecule has 1 aromatic carbocycles. The zero-order valence-corrected chi connectivity index (χ0v) is 18.2. The van der Waals surface area contributed by atoms with Gasteiger partial charge in [0.1, 0.15) is 0 Å². The lowest BCUT2D eigenvalue weighted by atomic mass is 9.89. The Morgan fingerprint density at radius 3 is 2.44 bits per heavy atom. The number of rotatable bonds is 5. The Kier molecular flexibility index (Phi) is 5.58. The maximum atomic E-state index is 12.3. The predicted molar refractivity (Wildman–Crippen MR) is 110 cm³/mol. The van der Waals surface area contributed by atoms with E-state index in [0.29, 0.717) is 11.6 Å². The van der Waals surface area contributed by atoms with E-state index in [1.807, 2.05) is 18.2 Å². The SMILES string of the molecule is CC(C)(C/C=C1/C(=O)Nc2cc(Cl)ccc21)CO[Si](C)(C)C(C)(C)C. The van der Waals surface area contributed by atoms with Crippen LogP contribution in [0, 0.1) is 5.41 Å². The van der Waals surface area contributed by atoms with Gasteiger partial charge in [0.2, 0.25) is 0 Å². The topological polar surface area (TPSA) is 38.3 Å². The van der Waals surface area contributed by atoms with Crippen LogP contribution in [0.2, 0.25) is 23.2 Å². The van der Waals surface area contributed by atoms with Gasteiger partial charge in [-0.2, -0.15) is 0 Å². The second-order valence-electron chi connectivity index (χ2n) is 9.18. The third-order valence-corrected chi connectivity index (χ3v) is 9.97. The third kappa shape index (κ3) is 4.75. The summed E-state index contributed by atoms with van der Waals surface area (Å²) in [5.74, 6) is -0.0571. The maximum absolute atomic E-state index is 12.3. The van der Waals surface area contributed by atoms with Crippen molar-refractivity contribution in [3.63, 3.8) is 0 Å². The zero-order chi connectivity index (χ0) is 19.0. The molecule has 0 aromatic heterocycles. The molecule has 0 spiro atoms. The molecule has 0 aliphatic carbocycles. The fourth-order valence-electron chi connectivity index (χ4n) is 2.40. The molecule has 1 aromatic rings. The molecule has 5 heteroatoms. The van der Waals surface area contributed by atoms with Crippen LogP contribution in [-0.2, 0) is 9.22 Å². The predicted octanol–water partition coefficient (Wildman–Crippen LogP) is 6.11. The van der Waals surface area contributed by atoms with Gasteiger partial charge in [0.25, 0.3) is 5.91 Å². The van der Waals surface area contributed by atoms with E-state index in [4.69, 9.17) is 16.0 Å². The van der Waals surface area contributed by atoms with Crippen LogP contribution in [0.15, 0.2) is 24.3 Å². The van der Waals surface area contributed by atoms with Gasteiger partial charge in [0, 0.05) is 22.8 Å². The molecule has 0 saturated carbocycles. The number of amides is 1. The average molecular weight is 380 g/mol. The van der Waals surface area contributed by atoms with Crippen LogP contribution in [0.1, 0.15) is 46.6 Å². The molecule has 1 amide bonds. The summed E-state index contributed by atoms with van der Waals surface area (Å²) in [4.78, 5) is 12.3. The number of allylic oxidation sites excluding steroid dienone is 1. The van der Waals surface area contributed by atoms with E-state index in [-0.39, 0.29) is 16.4 Å². The van der Waals surface area contributed by atoms with Gasteiger partial charge < -0.3 is 9.74 Å². The van der Waals surface area contributed by atoms with Crippen molar-refractivity contribution in [3.05, 3.63) is 34.9 Å². The van der Waals surface area contributed by atoms with Gasteiger partial charge in [0.05, 0.1) is 5.69 Å². The largest absolute Gasteiger partial charge is 0.416 e. The van der Waals surface area contributed by atoms with Crippen LogP contribution in [0.25, 0.3) is 5.57 Å². The molecular formula is C20H30ClNO2Si. The number of nitrogens with one attached hydrogen (secondary N) is 1. The first kappa shape index (κ1) is 20.2. The second-order valence-corrected chi connectivity index (χ2v) is 14.4. The van der Waals surface area contributed by atoms with Crippen molar-refractivity contribution in [1.82, 2.24) is 0 Å². The number of anilines is 1. The summed E-state index contributed by atoms with van der Waals surface area (Å²) in [6.07, 6.45) is 2.82. The molecule has 0 atom stereocenters. The number of hydrogen-bond acceptors (Lipinski definition) is 2. The minimum absolute atomic E-state index is 0.0298. The van der Waals surface area contributed by atoms with Crippen molar-refractivity contribution in [3.8, 4) is 0 Å². The fourth-order valence-corrected chi connectivity index (χ4v) is 3.76. The van der Waals surface area contributed by atoms with Crippen LogP contribution >= 0.6 is 11.6 Å². The molecule has 0 fully saturated rings. The fraction of sp³-hybridized carbons (Fsp3) is 0.550. The normalized spacial score (nSPS) is 17.0. The number of hydrogen-bond donors (Lipinski definition) is 1. The quantitative estimate of drug-likeness (QED) is 0.494. The second kappa shape index (κ2) is 6.90. The Labute approximate surface area is 157 Å². The lowest BCUT2D eigenvalue weighted by molar-refractivity contribution is -0.110. The van der Waals surface area contributed by atoms with E-state index >= 15 is 0 Å². The standard InChI is InChI=1S/C20H30ClNO2Si/c1-19(2,3)25(6,7)24-13-20(4,5)11-10-16-15-9-8-14(21)12-17(15)22-18(16)23/h8-10,12H,11,13H2,1-7H3,(H,22,23)/b16-10+. The highest BCUT2D eigenvalue weighted by molar-refractivity contribution is 6.74. The van der Waals surface area contributed by atoms with Crippen LogP contribution < -0.4 is 5.32 Å². The van der Waals surface area contributed by atoms with Gasteiger partial charge in [-0.05, 0) is 42.1 Å². The highest BCUT2D eigenvalue weighted by Crippen LogP contribution is 2.39. The van der Waals surface area contributed by atoms with E-state index < -0.39 is 8.32 Å². The number of halogens is 1. The van der Waals surface area contributed by atoms with Crippen molar-refractivity contribution in [2.75, 3.05) is 11.9 Å². The minimum atomic E-state index is -1.77. The van der Waals surface area contributed by atoms with E-state index in [9.17, 15) is 4.79 Å². The van der Waals surface area contributed by atoms with Crippen LogP contribution in [-0.4, -0.2) is 20.8 Å². The summed E-state index contributed by atoms with van der Waals surface area (Å²) in [6, 6.07) is 5.52. The molecule has 1 N–H and O–H groups in total. The molecule has 0 unspecified atom stereocenters. The number of carbonyl (C=O) groups is 1.